The summed E-state index contributed by atoms with van der Waals surface area (Å²) in [5.74, 6) is -0.162. The summed E-state index contributed by atoms with van der Waals surface area (Å²) in [6, 6.07) is 12.6. The van der Waals surface area contributed by atoms with Gasteiger partial charge in [-0.1, -0.05) is 24.3 Å². The largest absolute Gasteiger partial charge is 0.490 e. The Hall–Kier alpha value is -3.34. The second-order valence-electron chi connectivity index (χ2n) is 7.60. The van der Waals surface area contributed by atoms with E-state index in [1.807, 2.05) is 5.38 Å². The summed E-state index contributed by atoms with van der Waals surface area (Å²) in [7, 11) is 1.36. The van der Waals surface area contributed by atoms with Crippen LogP contribution >= 0.6 is 11.3 Å². The first-order valence-corrected chi connectivity index (χ1v) is 11.4. The number of nitro groups is 1. The molecular weight excluding hydrogens is 444 g/mol. The molecule has 33 heavy (non-hydrogen) atoms. The molecule has 1 aliphatic rings. The number of methoxy groups -OCH3 is 1. The lowest BCUT2D eigenvalue weighted by Crippen LogP contribution is -2.35. The van der Waals surface area contributed by atoms with Crippen LogP contribution in [0.3, 0.4) is 0 Å². The maximum Gasteiger partial charge on any atom is 0.312 e. The van der Waals surface area contributed by atoms with Gasteiger partial charge in [-0.05, 0) is 17.7 Å². The molecule has 2 aromatic carbocycles. The number of benzene rings is 2. The van der Waals surface area contributed by atoms with Crippen LogP contribution in [0.4, 0.5) is 11.4 Å². The SMILES string of the molecule is COc1ccc(NC(=O)Cc2csc(-c3ccc(CN4CCOCC4)cc3)n2)cc1[N+](=O)[O-]. The lowest BCUT2D eigenvalue weighted by Gasteiger charge is -2.26. The lowest BCUT2D eigenvalue weighted by molar-refractivity contribution is -0.385. The number of hydrogen-bond donors (Lipinski definition) is 1. The van der Waals surface area contributed by atoms with Gasteiger partial charge in [-0.25, -0.2) is 4.98 Å². The van der Waals surface area contributed by atoms with Crippen molar-refractivity contribution < 1.29 is 19.2 Å². The van der Waals surface area contributed by atoms with Crippen molar-refractivity contribution in [3.8, 4) is 16.3 Å². The fraction of sp³-hybridized carbons (Fsp3) is 0.304. The van der Waals surface area contributed by atoms with E-state index in [1.54, 1.807) is 6.07 Å². The molecule has 1 saturated heterocycles. The maximum atomic E-state index is 12.4. The molecule has 4 rings (SSSR count). The molecule has 2 heterocycles. The van der Waals surface area contributed by atoms with Crippen molar-refractivity contribution in [2.45, 2.75) is 13.0 Å². The molecule has 0 atom stereocenters. The van der Waals surface area contributed by atoms with E-state index in [9.17, 15) is 14.9 Å². The zero-order chi connectivity index (χ0) is 23.2. The average Bonchev–Trinajstić information content (AvgIpc) is 3.28. The molecule has 1 N–H and O–H groups in total. The molecule has 0 aliphatic carbocycles. The number of ether oxygens (including phenoxy) is 2. The normalized spacial score (nSPS) is 14.1. The minimum atomic E-state index is -0.548. The van der Waals surface area contributed by atoms with E-state index >= 15 is 0 Å². The maximum absolute atomic E-state index is 12.4. The second kappa shape index (κ2) is 10.5. The van der Waals surface area contributed by atoms with E-state index < -0.39 is 4.92 Å². The zero-order valence-electron chi connectivity index (χ0n) is 18.2. The number of carbonyl (C=O) groups is 1. The zero-order valence-corrected chi connectivity index (χ0v) is 19.0. The number of nitrogens with zero attached hydrogens (tertiary/aromatic N) is 3. The Morgan fingerprint density at radius 2 is 2.00 bits per heavy atom. The lowest BCUT2D eigenvalue weighted by atomic mass is 10.1. The molecule has 1 fully saturated rings. The molecule has 9 nitrogen and oxygen atoms in total. The predicted octanol–water partition coefficient (Wildman–Crippen LogP) is 3.74. The standard InChI is InChI=1S/C23H24N4O5S/c1-31-21-7-6-18(12-20(21)27(29)30)24-22(28)13-19-15-33-23(25-19)17-4-2-16(3-5-17)14-26-8-10-32-11-9-26/h2-7,12,15H,8-11,13-14H2,1H3,(H,24,28). The molecule has 172 valence electrons. The molecule has 0 unspecified atom stereocenters. The Morgan fingerprint density at radius 3 is 2.70 bits per heavy atom. The van der Waals surface area contributed by atoms with Crippen LogP contribution in [0.25, 0.3) is 10.6 Å². The van der Waals surface area contributed by atoms with Gasteiger partial charge in [-0.15, -0.1) is 11.3 Å². The molecule has 3 aromatic rings. The monoisotopic (exact) mass is 468 g/mol. The molecule has 0 bridgehead atoms. The fourth-order valence-electron chi connectivity index (χ4n) is 3.57. The number of thiazole rings is 1. The van der Waals surface area contributed by atoms with E-state index in [0.717, 1.165) is 43.4 Å². The Balaban J connectivity index is 1.36. The minimum absolute atomic E-state index is 0.0748. The van der Waals surface area contributed by atoms with Crippen LogP contribution < -0.4 is 10.1 Å². The third-order valence-corrected chi connectivity index (χ3v) is 6.20. The number of aromatic nitrogens is 1. The number of anilines is 1. The molecule has 1 amide bonds. The average molecular weight is 469 g/mol. The van der Waals surface area contributed by atoms with E-state index in [0.29, 0.717) is 11.4 Å². The Labute approximate surface area is 195 Å². The minimum Gasteiger partial charge on any atom is -0.490 e. The third kappa shape index (κ3) is 5.92. The number of carbonyl (C=O) groups excluding carboxylic acids is 1. The number of nitro benzene ring substituents is 1. The van der Waals surface area contributed by atoms with Gasteiger partial charge >= 0.3 is 5.69 Å². The molecular formula is C23H24N4O5S. The molecule has 1 aromatic heterocycles. The van der Waals surface area contributed by atoms with Gasteiger partial charge in [0.05, 0.1) is 37.4 Å². The smallest absolute Gasteiger partial charge is 0.312 e. The molecule has 1 aliphatic heterocycles. The highest BCUT2D eigenvalue weighted by Gasteiger charge is 2.17. The van der Waals surface area contributed by atoms with Crippen molar-refractivity contribution in [1.82, 2.24) is 9.88 Å². The molecule has 0 spiro atoms. The van der Waals surface area contributed by atoms with Crippen molar-refractivity contribution in [2.24, 2.45) is 0 Å². The quantitative estimate of drug-likeness (QED) is 0.396. The molecule has 0 radical (unpaired) electrons. The van der Waals surface area contributed by atoms with E-state index in [1.165, 1.54) is 36.1 Å². The number of morpholine rings is 1. The molecule has 0 saturated carbocycles. The summed E-state index contributed by atoms with van der Waals surface area (Å²) in [6.07, 6.45) is 0.0748. The van der Waals surface area contributed by atoms with Crippen LogP contribution in [-0.4, -0.2) is 54.1 Å². The summed E-state index contributed by atoms with van der Waals surface area (Å²) >= 11 is 1.48. The van der Waals surface area contributed by atoms with Gasteiger partial charge in [-0.3, -0.25) is 19.8 Å². The first kappa shape index (κ1) is 22.8. The highest BCUT2D eigenvalue weighted by atomic mass is 32.1. The number of amides is 1. The number of nitrogens with one attached hydrogen (secondary N) is 1. The van der Waals surface area contributed by atoms with Crippen LogP contribution in [0, 0.1) is 10.1 Å². The summed E-state index contributed by atoms with van der Waals surface area (Å²) < 4.78 is 10.4. The molecule has 10 heteroatoms. The first-order valence-electron chi connectivity index (χ1n) is 10.5. The van der Waals surface area contributed by atoms with Crippen molar-refractivity contribution in [2.75, 3.05) is 38.7 Å². The summed E-state index contributed by atoms with van der Waals surface area (Å²) in [6.45, 7) is 4.36. The van der Waals surface area contributed by atoms with Crippen LogP contribution in [0.2, 0.25) is 0 Å². The van der Waals surface area contributed by atoms with Gasteiger partial charge in [0.15, 0.2) is 5.75 Å². The van der Waals surface area contributed by atoms with Crippen molar-refractivity contribution in [3.63, 3.8) is 0 Å². The van der Waals surface area contributed by atoms with Crippen LogP contribution in [0.5, 0.6) is 5.75 Å². The van der Waals surface area contributed by atoms with Gasteiger partial charge in [0, 0.05) is 42.3 Å². The van der Waals surface area contributed by atoms with Crippen LogP contribution in [-0.2, 0) is 22.5 Å². The van der Waals surface area contributed by atoms with E-state index in [4.69, 9.17) is 9.47 Å². The van der Waals surface area contributed by atoms with Crippen molar-refractivity contribution in [1.29, 1.82) is 0 Å². The second-order valence-corrected chi connectivity index (χ2v) is 8.46. The highest BCUT2D eigenvalue weighted by Crippen LogP contribution is 2.30. The summed E-state index contributed by atoms with van der Waals surface area (Å²) in [4.78, 5) is 30.0. The van der Waals surface area contributed by atoms with Crippen molar-refractivity contribution >= 4 is 28.6 Å². The first-order chi connectivity index (χ1) is 16.0. The summed E-state index contributed by atoms with van der Waals surface area (Å²) in [5.41, 5.74) is 3.02. The third-order valence-electron chi connectivity index (χ3n) is 5.26. The van der Waals surface area contributed by atoms with Gasteiger partial charge in [0.1, 0.15) is 5.01 Å². The topological polar surface area (TPSA) is 107 Å². The van der Waals surface area contributed by atoms with Crippen LogP contribution in [0.15, 0.2) is 47.8 Å². The van der Waals surface area contributed by atoms with Gasteiger partial charge in [0.2, 0.25) is 5.91 Å². The highest BCUT2D eigenvalue weighted by molar-refractivity contribution is 7.13. The fourth-order valence-corrected chi connectivity index (χ4v) is 4.40. The van der Waals surface area contributed by atoms with Crippen molar-refractivity contribution in [3.05, 3.63) is 69.2 Å². The summed E-state index contributed by atoms with van der Waals surface area (Å²) in [5, 5.41) is 16.5. The Bertz CT molecular complexity index is 1130. The van der Waals surface area contributed by atoms with Gasteiger partial charge in [-0.2, -0.15) is 0 Å². The van der Waals surface area contributed by atoms with Gasteiger partial charge < -0.3 is 14.8 Å². The Morgan fingerprint density at radius 1 is 1.24 bits per heavy atom. The number of hydrogen-bond acceptors (Lipinski definition) is 8. The van der Waals surface area contributed by atoms with E-state index in [-0.39, 0.29) is 23.8 Å². The Kier molecular flexibility index (Phi) is 7.28. The number of rotatable bonds is 8. The van der Waals surface area contributed by atoms with Crippen LogP contribution in [0.1, 0.15) is 11.3 Å². The van der Waals surface area contributed by atoms with Gasteiger partial charge in [0.25, 0.3) is 0 Å². The predicted molar refractivity (Wildman–Crippen MR) is 126 cm³/mol. The van der Waals surface area contributed by atoms with E-state index in [2.05, 4.69) is 39.5 Å².